The quantitative estimate of drug-likeness (QED) is 0.803. The Morgan fingerprint density at radius 2 is 2.08 bits per heavy atom. The predicted octanol–water partition coefficient (Wildman–Crippen LogP) is 2.49. The topological polar surface area (TPSA) is 30.9 Å². The zero-order chi connectivity index (χ0) is 9.14. The maximum absolute atomic E-state index is 6.02. The van der Waals surface area contributed by atoms with Gasteiger partial charge in [-0.15, -0.1) is 12.4 Å². The first-order valence-electron chi connectivity index (χ1n) is 4.48. The third-order valence-corrected chi connectivity index (χ3v) is 2.09. The molecule has 0 fully saturated rings. The standard InChI is InChI=1S/C10H18N2.ClH/c1-8(2)7-9(11)10-5-4-6-12(10)3;/h4-6,8-9H,7,11H2,1-3H3;1H/t9-;/m0./s1. The molecule has 1 aromatic heterocycles. The summed E-state index contributed by atoms with van der Waals surface area (Å²) >= 11 is 0. The van der Waals surface area contributed by atoms with Crippen molar-refractivity contribution in [3.05, 3.63) is 24.0 Å². The normalized spacial score (nSPS) is 12.7. The van der Waals surface area contributed by atoms with Gasteiger partial charge in [0.05, 0.1) is 0 Å². The van der Waals surface area contributed by atoms with E-state index in [1.807, 2.05) is 19.3 Å². The molecule has 0 spiro atoms. The van der Waals surface area contributed by atoms with Crippen molar-refractivity contribution >= 4 is 12.4 Å². The molecule has 0 bridgehead atoms. The molecule has 2 nitrogen and oxygen atoms in total. The minimum atomic E-state index is 0. The summed E-state index contributed by atoms with van der Waals surface area (Å²) in [6.45, 7) is 4.39. The lowest BCUT2D eigenvalue weighted by atomic mass is 10.0. The molecule has 2 N–H and O–H groups in total. The highest BCUT2D eigenvalue weighted by atomic mass is 35.5. The van der Waals surface area contributed by atoms with Crippen molar-refractivity contribution in [1.82, 2.24) is 4.57 Å². The van der Waals surface area contributed by atoms with Gasteiger partial charge < -0.3 is 10.3 Å². The average molecular weight is 203 g/mol. The number of hydrogen-bond donors (Lipinski definition) is 1. The number of nitrogens with two attached hydrogens (primary N) is 1. The maximum Gasteiger partial charge on any atom is 0.0452 e. The predicted molar refractivity (Wildman–Crippen MR) is 59.0 cm³/mol. The number of rotatable bonds is 3. The van der Waals surface area contributed by atoms with E-state index >= 15 is 0 Å². The van der Waals surface area contributed by atoms with Gasteiger partial charge in [0.15, 0.2) is 0 Å². The van der Waals surface area contributed by atoms with E-state index in [4.69, 9.17) is 5.73 Å². The number of nitrogens with zero attached hydrogens (tertiary/aromatic N) is 1. The van der Waals surface area contributed by atoms with E-state index in [0.717, 1.165) is 6.42 Å². The van der Waals surface area contributed by atoms with Crippen molar-refractivity contribution in [2.75, 3.05) is 0 Å². The Hall–Kier alpha value is -0.470. The highest BCUT2D eigenvalue weighted by Gasteiger charge is 2.09. The van der Waals surface area contributed by atoms with Gasteiger partial charge in [-0.3, -0.25) is 0 Å². The van der Waals surface area contributed by atoms with E-state index in [0.29, 0.717) is 5.92 Å². The number of halogens is 1. The smallest absolute Gasteiger partial charge is 0.0452 e. The Morgan fingerprint density at radius 1 is 1.46 bits per heavy atom. The lowest BCUT2D eigenvalue weighted by Gasteiger charge is -2.14. The van der Waals surface area contributed by atoms with E-state index in [2.05, 4.69) is 24.5 Å². The van der Waals surface area contributed by atoms with E-state index in [1.165, 1.54) is 5.69 Å². The summed E-state index contributed by atoms with van der Waals surface area (Å²) in [5.74, 6) is 0.662. The lowest BCUT2D eigenvalue weighted by molar-refractivity contribution is 0.493. The molecular formula is C10H19ClN2. The minimum absolute atomic E-state index is 0. The van der Waals surface area contributed by atoms with Gasteiger partial charge in [-0.2, -0.15) is 0 Å². The summed E-state index contributed by atoms with van der Waals surface area (Å²) in [5.41, 5.74) is 7.25. The highest BCUT2D eigenvalue weighted by molar-refractivity contribution is 5.85. The molecule has 0 aliphatic heterocycles. The molecule has 1 heterocycles. The summed E-state index contributed by atoms with van der Waals surface area (Å²) in [7, 11) is 2.04. The van der Waals surface area contributed by atoms with Crippen LogP contribution in [0.1, 0.15) is 32.0 Å². The molecule has 0 aromatic carbocycles. The molecule has 0 saturated carbocycles. The zero-order valence-corrected chi connectivity index (χ0v) is 9.34. The molecule has 0 aliphatic rings. The van der Waals surface area contributed by atoms with Crippen molar-refractivity contribution < 1.29 is 0 Å². The van der Waals surface area contributed by atoms with Crippen LogP contribution < -0.4 is 5.73 Å². The fraction of sp³-hybridized carbons (Fsp3) is 0.600. The van der Waals surface area contributed by atoms with Crippen LogP contribution in [0.4, 0.5) is 0 Å². The summed E-state index contributed by atoms with van der Waals surface area (Å²) in [5, 5.41) is 0. The van der Waals surface area contributed by atoms with Crippen molar-refractivity contribution in [3.63, 3.8) is 0 Å². The summed E-state index contributed by atoms with van der Waals surface area (Å²) in [6, 6.07) is 4.31. The first-order chi connectivity index (χ1) is 5.61. The van der Waals surface area contributed by atoms with Crippen LogP contribution in [-0.4, -0.2) is 4.57 Å². The Kier molecular flexibility index (Phi) is 5.11. The molecule has 13 heavy (non-hydrogen) atoms. The second-order valence-electron chi connectivity index (χ2n) is 3.78. The molecule has 0 radical (unpaired) electrons. The number of aromatic nitrogens is 1. The van der Waals surface area contributed by atoms with E-state index in [-0.39, 0.29) is 18.4 Å². The third-order valence-electron chi connectivity index (χ3n) is 2.09. The fourth-order valence-electron chi connectivity index (χ4n) is 1.49. The van der Waals surface area contributed by atoms with Gasteiger partial charge in [-0.1, -0.05) is 13.8 Å². The van der Waals surface area contributed by atoms with Gasteiger partial charge in [-0.05, 0) is 24.5 Å². The maximum atomic E-state index is 6.02. The van der Waals surface area contributed by atoms with Crippen LogP contribution in [0.15, 0.2) is 18.3 Å². The Morgan fingerprint density at radius 3 is 2.46 bits per heavy atom. The number of aryl methyl sites for hydroxylation is 1. The molecule has 0 saturated heterocycles. The molecule has 3 heteroatoms. The van der Waals surface area contributed by atoms with Crippen LogP contribution in [-0.2, 0) is 7.05 Å². The second kappa shape index (κ2) is 5.30. The van der Waals surface area contributed by atoms with Gasteiger partial charge in [0.1, 0.15) is 0 Å². The van der Waals surface area contributed by atoms with Gasteiger partial charge in [-0.25, -0.2) is 0 Å². The second-order valence-corrected chi connectivity index (χ2v) is 3.78. The Bertz CT molecular complexity index is 243. The molecule has 0 amide bonds. The van der Waals surface area contributed by atoms with Crippen LogP contribution in [0.5, 0.6) is 0 Å². The summed E-state index contributed by atoms with van der Waals surface area (Å²) < 4.78 is 2.09. The van der Waals surface area contributed by atoms with Crippen LogP contribution in [0, 0.1) is 5.92 Å². The number of hydrogen-bond acceptors (Lipinski definition) is 1. The van der Waals surface area contributed by atoms with Gasteiger partial charge in [0.2, 0.25) is 0 Å². The molecule has 1 atom stereocenters. The SMILES string of the molecule is CC(C)C[C@H](N)c1cccn1C.Cl. The van der Waals surface area contributed by atoms with Crippen LogP contribution in [0.3, 0.4) is 0 Å². The van der Waals surface area contributed by atoms with Crippen LogP contribution in [0.25, 0.3) is 0 Å². The average Bonchev–Trinajstić information content (AvgIpc) is 2.33. The van der Waals surface area contributed by atoms with E-state index in [1.54, 1.807) is 0 Å². The van der Waals surface area contributed by atoms with Crippen molar-refractivity contribution in [1.29, 1.82) is 0 Å². The lowest BCUT2D eigenvalue weighted by Crippen LogP contribution is -2.15. The zero-order valence-electron chi connectivity index (χ0n) is 8.53. The molecule has 0 unspecified atom stereocenters. The van der Waals surface area contributed by atoms with E-state index < -0.39 is 0 Å². The molecule has 76 valence electrons. The first-order valence-corrected chi connectivity index (χ1v) is 4.48. The van der Waals surface area contributed by atoms with Gasteiger partial charge in [0.25, 0.3) is 0 Å². The van der Waals surface area contributed by atoms with Gasteiger partial charge in [0, 0.05) is 25.0 Å². The minimum Gasteiger partial charge on any atom is -0.353 e. The Labute approximate surface area is 86.5 Å². The Balaban J connectivity index is 0.00000144. The molecule has 1 aromatic rings. The molecular weight excluding hydrogens is 184 g/mol. The van der Waals surface area contributed by atoms with Gasteiger partial charge >= 0.3 is 0 Å². The first kappa shape index (κ1) is 12.5. The fourth-order valence-corrected chi connectivity index (χ4v) is 1.49. The van der Waals surface area contributed by atoms with Crippen molar-refractivity contribution in [2.24, 2.45) is 18.7 Å². The van der Waals surface area contributed by atoms with Crippen LogP contribution in [0.2, 0.25) is 0 Å². The van der Waals surface area contributed by atoms with Crippen LogP contribution >= 0.6 is 12.4 Å². The van der Waals surface area contributed by atoms with E-state index in [9.17, 15) is 0 Å². The largest absolute Gasteiger partial charge is 0.353 e. The summed E-state index contributed by atoms with van der Waals surface area (Å²) in [4.78, 5) is 0. The monoisotopic (exact) mass is 202 g/mol. The molecule has 1 rings (SSSR count). The molecule has 0 aliphatic carbocycles. The summed E-state index contributed by atoms with van der Waals surface area (Å²) in [6.07, 6.45) is 3.09. The highest BCUT2D eigenvalue weighted by Crippen LogP contribution is 2.17. The van der Waals surface area contributed by atoms with Crippen molar-refractivity contribution in [3.8, 4) is 0 Å². The van der Waals surface area contributed by atoms with Crippen molar-refractivity contribution in [2.45, 2.75) is 26.3 Å². The third kappa shape index (κ3) is 3.41.